The first-order valence-corrected chi connectivity index (χ1v) is 12.3. The average molecular weight is 507 g/mol. The third kappa shape index (κ3) is 4.99. The van der Waals surface area contributed by atoms with Crippen LogP contribution in [-0.4, -0.2) is 9.55 Å². The molecule has 0 saturated heterocycles. The molecule has 4 aromatic carbocycles. The van der Waals surface area contributed by atoms with Crippen molar-refractivity contribution in [2.45, 2.75) is 11.0 Å². The first-order valence-electron chi connectivity index (χ1n) is 11.3. The Morgan fingerprint density at radius 2 is 1.67 bits per heavy atom. The van der Waals surface area contributed by atoms with Gasteiger partial charge in [-0.2, -0.15) is 10.5 Å². The highest BCUT2D eigenvalue weighted by molar-refractivity contribution is 7.98. The summed E-state index contributed by atoms with van der Waals surface area (Å²) in [4.78, 5) is 4.36. The van der Waals surface area contributed by atoms with E-state index in [1.165, 1.54) is 0 Å². The Hall–Kier alpha value is -4.03. The van der Waals surface area contributed by atoms with E-state index < -0.39 is 0 Å². The highest BCUT2D eigenvalue weighted by atomic mass is 35.5. The van der Waals surface area contributed by atoms with Crippen molar-refractivity contribution < 1.29 is 0 Å². The summed E-state index contributed by atoms with van der Waals surface area (Å²) in [6, 6.07) is 32.9. The van der Waals surface area contributed by atoms with Crippen LogP contribution in [0.2, 0.25) is 0 Å². The van der Waals surface area contributed by atoms with E-state index in [9.17, 15) is 5.26 Å². The fourth-order valence-corrected chi connectivity index (χ4v) is 5.62. The Morgan fingerprint density at radius 3 is 2.39 bits per heavy atom. The molecule has 0 amide bonds. The molecule has 1 aromatic heterocycles. The molecule has 5 aromatic rings. The molecule has 4 nitrogen and oxygen atoms in total. The van der Waals surface area contributed by atoms with E-state index in [1.807, 2.05) is 84.4 Å². The smallest absolute Gasteiger partial charge is 0.0998 e. The summed E-state index contributed by atoms with van der Waals surface area (Å²) in [6.45, 7) is 0. The molecule has 6 heteroatoms. The monoisotopic (exact) mass is 506 g/mol. The van der Waals surface area contributed by atoms with E-state index >= 15 is 0 Å². The van der Waals surface area contributed by atoms with Crippen molar-refractivity contribution in [3.05, 3.63) is 125 Å². The molecule has 1 atom stereocenters. The highest BCUT2D eigenvalue weighted by Crippen LogP contribution is 2.40. The van der Waals surface area contributed by atoms with Crippen molar-refractivity contribution in [3.63, 3.8) is 0 Å². The van der Waals surface area contributed by atoms with Crippen LogP contribution in [0.4, 0.5) is 0 Å². The van der Waals surface area contributed by atoms with Crippen molar-refractivity contribution in [2.75, 3.05) is 0 Å². The standard InChI is InChI=1S/C30H22N4S.ClH/c1-34-20-33-18-29(34)30(35-19-22-11-9-21(16-31)10-12-22)24-13-14-25(17-32)28(15-24)27-8-4-6-23-5-2-3-7-26(23)27;/h2-15,18,20,30H,19H2,1H3;1H. The summed E-state index contributed by atoms with van der Waals surface area (Å²) >= 11 is 1.81. The van der Waals surface area contributed by atoms with Gasteiger partial charge in [-0.3, -0.25) is 0 Å². The fourth-order valence-electron chi connectivity index (χ4n) is 4.33. The van der Waals surface area contributed by atoms with Gasteiger partial charge >= 0.3 is 0 Å². The van der Waals surface area contributed by atoms with E-state index in [-0.39, 0.29) is 17.7 Å². The predicted octanol–water partition coefficient (Wildman–Crippen LogP) is 7.43. The van der Waals surface area contributed by atoms with Gasteiger partial charge in [0.05, 0.1) is 40.5 Å². The Labute approximate surface area is 221 Å². The molecule has 1 unspecified atom stereocenters. The van der Waals surface area contributed by atoms with Crippen molar-refractivity contribution in [2.24, 2.45) is 7.05 Å². The maximum Gasteiger partial charge on any atom is 0.0998 e. The third-order valence-electron chi connectivity index (χ3n) is 6.17. The van der Waals surface area contributed by atoms with Crippen LogP contribution in [0.5, 0.6) is 0 Å². The van der Waals surface area contributed by atoms with E-state index in [4.69, 9.17) is 5.26 Å². The van der Waals surface area contributed by atoms with E-state index in [0.717, 1.165) is 44.5 Å². The number of aromatic nitrogens is 2. The molecular formula is C30H23ClN4S. The third-order valence-corrected chi connectivity index (χ3v) is 7.52. The minimum absolute atomic E-state index is 0. The van der Waals surface area contributed by atoms with Gasteiger partial charge in [-0.25, -0.2) is 4.98 Å². The second-order valence-electron chi connectivity index (χ2n) is 8.37. The van der Waals surface area contributed by atoms with Gasteiger partial charge in [0, 0.05) is 24.6 Å². The molecule has 1 heterocycles. The van der Waals surface area contributed by atoms with Crippen LogP contribution < -0.4 is 0 Å². The molecule has 5 rings (SSSR count). The van der Waals surface area contributed by atoms with Gasteiger partial charge in [0.15, 0.2) is 0 Å². The van der Waals surface area contributed by atoms with Crippen LogP contribution in [0.25, 0.3) is 21.9 Å². The summed E-state index contributed by atoms with van der Waals surface area (Å²) in [7, 11) is 2.01. The molecule has 0 N–H and O–H groups in total. The van der Waals surface area contributed by atoms with Crippen LogP contribution >= 0.6 is 24.2 Å². The normalized spacial score (nSPS) is 11.3. The van der Waals surface area contributed by atoms with Gasteiger partial charge in [0.1, 0.15) is 0 Å². The minimum Gasteiger partial charge on any atom is -0.336 e. The van der Waals surface area contributed by atoms with E-state index in [0.29, 0.717) is 11.1 Å². The molecule has 0 aliphatic rings. The maximum atomic E-state index is 9.91. The second-order valence-corrected chi connectivity index (χ2v) is 9.47. The molecule has 0 bridgehead atoms. The number of nitriles is 2. The second kappa shape index (κ2) is 11.1. The largest absolute Gasteiger partial charge is 0.336 e. The summed E-state index contributed by atoms with van der Waals surface area (Å²) in [6.07, 6.45) is 3.73. The number of benzene rings is 4. The molecule has 0 radical (unpaired) electrons. The van der Waals surface area contributed by atoms with Gasteiger partial charge < -0.3 is 4.57 Å². The number of hydrogen-bond donors (Lipinski definition) is 0. The minimum atomic E-state index is 0. The zero-order chi connectivity index (χ0) is 24.2. The molecule has 0 aliphatic heterocycles. The van der Waals surface area contributed by atoms with Gasteiger partial charge in [0.25, 0.3) is 0 Å². The number of nitrogens with zero attached hydrogens (tertiary/aromatic N) is 4. The number of rotatable bonds is 6. The van der Waals surface area contributed by atoms with Crippen LogP contribution in [0.3, 0.4) is 0 Å². The molecule has 0 fully saturated rings. The number of hydrogen-bond acceptors (Lipinski definition) is 4. The molecule has 36 heavy (non-hydrogen) atoms. The van der Waals surface area contributed by atoms with E-state index in [1.54, 1.807) is 0 Å². The van der Waals surface area contributed by atoms with Crippen LogP contribution in [0.15, 0.2) is 97.5 Å². The van der Waals surface area contributed by atoms with Gasteiger partial charge in [-0.1, -0.05) is 60.7 Å². The summed E-state index contributed by atoms with van der Waals surface area (Å²) in [5.74, 6) is 0.783. The Kier molecular flexibility index (Phi) is 7.76. The van der Waals surface area contributed by atoms with Crippen molar-refractivity contribution in [1.82, 2.24) is 9.55 Å². The summed E-state index contributed by atoms with van der Waals surface area (Å²) < 4.78 is 2.05. The first kappa shape index (κ1) is 25.1. The molecule has 0 spiro atoms. The number of imidazole rings is 1. The quantitative estimate of drug-likeness (QED) is 0.240. The summed E-state index contributed by atoms with van der Waals surface area (Å²) in [5, 5.41) is 21.3. The van der Waals surface area contributed by atoms with Crippen LogP contribution in [-0.2, 0) is 12.8 Å². The number of aryl methyl sites for hydroxylation is 1. The molecular weight excluding hydrogens is 484 g/mol. The van der Waals surface area contributed by atoms with Gasteiger partial charge in [-0.15, -0.1) is 24.2 Å². The molecule has 0 saturated carbocycles. The number of fused-ring (bicyclic) bond motifs is 1. The van der Waals surface area contributed by atoms with Gasteiger partial charge in [0.2, 0.25) is 0 Å². The lowest BCUT2D eigenvalue weighted by Gasteiger charge is -2.20. The van der Waals surface area contributed by atoms with Gasteiger partial charge in [-0.05, 0) is 51.7 Å². The lowest BCUT2D eigenvalue weighted by atomic mass is 9.92. The lowest BCUT2D eigenvalue weighted by molar-refractivity contribution is 0.837. The predicted molar refractivity (Wildman–Crippen MR) is 149 cm³/mol. The van der Waals surface area contributed by atoms with Crippen LogP contribution in [0, 0.1) is 22.7 Å². The Morgan fingerprint density at radius 1 is 0.889 bits per heavy atom. The summed E-state index contributed by atoms with van der Waals surface area (Å²) in [5.41, 5.74) is 6.69. The Balaban J connectivity index is 0.00000304. The molecule has 0 aliphatic carbocycles. The van der Waals surface area contributed by atoms with Crippen molar-refractivity contribution in [1.29, 1.82) is 10.5 Å². The lowest BCUT2D eigenvalue weighted by Crippen LogP contribution is -2.04. The average Bonchev–Trinajstić information content (AvgIpc) is 3.34. The number of thioether (sulfide) groups is 1. The van der Waals surface area contributed by atoms with E-state index in [2.05, 4.69) is 53.5 Å². The maximum absolute atomic E-state index is 9.91. The molecule has 176 valence electrons. The zero-order valence-electron chi connectivity index (χ0n) is 19.6. The number of halogens is 1. The topological polar surface area (TPSA) is 65.4 Å². The van der Waals surface area contributed by atoms with Crippen molar-refractivity contribution in [3.8, 4) is 23.3 Å². The fraction of sp³-hybridized carbons (Fsp3) is 0.100. The first-order chi connectivity index (χ1) is 17.2. The van der Waals surface area contributed by atoms with Crippen molar-refractivity contribution >= 4 is 34.9 Å². The SMILES string of the molecule is Cl.Cn1cncc1C(SCc1ccc(C#N)cc1)c1ccc(C#N)c(-c2cccc3ccccc23)c1. The van der Waals surface area contributed by atoms with Crippen LogP contribution in [0.1, 0.15) is 33.2 Å². The highest BCUT2D eigenvalue weighted by Gasteiger charge is 2.20. The Bertz CT molecular complexity index is 1590. The zero-order valence-corrected chi connectivity index (χ0v) is 21.3.